The number of rotatable bonds is 7. The van der Waals surface area contributed by atoms with Crippen LogP contribution in [-0.4, -0.2) is 28.2 Å². The third kappa shape index (κ3) is 5.22. The molecule has 136 valence electrons. The van der Waals surface area contributed by atoms with Crippen LogP contribution in [0.2, 0.25) is 0 Å². The highest BCUT2D eigenvalue weighted by Gasteiger charge is 2.10. The number of anilines is 2. The van der Waals surface area contributed by atoms with Gasteiger partial charge in [-0.05, 0) is 37.1 Å². The normalized spacial score (nSPS) is 10.3. The van der Waals surface area contributed by atoms with Crippen LogP contribution in [0.3, 0.4) is 0 Å². The van der Waals surface area contributed by atoms with Gasteiger partial charge in [0.15, 0.2) is 5.78 Å². The number of carbonyl (C=O) groups is 2. The zero-order valence-corrected chi connectivity index (χ0v) is 15.0. The highest BCUT2D eigenvalue weighted by atomic mass is 16.2. The Morgan fingerprint density at radius 2 is 1.81 bits per heavy atom. The SMILES string of the molecule is CC(=O)c1cccc(NC(=O)c2ccnc(NCCc3ccccc3)n2)c1. The molecule has 3 rings (SSSR count). The quantitative estimate of drug-likeness (QED) is 0.629. The number of aromatic nitrogens is 2. The predicted molar refractivity (Wildman–Crippen MR) is 105 cm³/mol. The molecule has 27 heavy (non-hydrogen) atoms. The van der Waals surface area contributed by atoms with Crippen molar-refractivity contribution in [3.8, 4) is 0 Å². The minimum Gasteiger partial charge on any atom is -0.354 e. The van der Waals surface area contributed by atoms with E-state index in [9.17, 15) is 9.59 Å². The Morgan fingerprint density at radius 1 is 1.00 bits per heavy atom. The Balaban J connectivity index is 1.61. The van der Waals surface area contributed by atoms with Crippen molar-refractivity contribution >= 4 is 23.3 Å². The molecule has 0 fully saturated rings. The van der Waals surface area contributed by atoms with Crippen LogP contribution in [0, 0.1) is 0 Å². The van der Waals surface area contributed by atoms with Crippen LogP contribution < -0.4 is 10.6 Å². The van der Waals surface area contributed by atoms with Crippen molar-refractivity contribution in [3.05, 3.63) is 83.7 Å². The number of carbonyl (C=O) groups excluding carboxylic acids is 2. The fraction of sp³-hybridized carbons (Fsp3) is 0.143. The molecule has 0 saturated heterocycles. The first-order chi connectivity index (χ1) is 13.1. The summed E-state index contributed by atoms with van der Waals surface area (Å²) < 4.78 is 0. The summed E-state index contributed by atoms with van der Waals surface area (Å²) in [6.45, 7) is 2.15. The lowest BCUT2D eigenvalue weighted by molar-refractivity contribution is 0.100. The molecule has 0 radical (unpaired) electrons. The van der Waals surface area contributed by atoms with E-state index in [2.05, 4.69) is 32.7 Å². The van der Waals surface area contributed by atoms with Crippen molar-refractivity contribution in [1.82, 2.24) is 9.97 Å². The van der Waals surface area contributed by atoms with Crippen molar-refractivity contribution < 1.29 is 9.59 Å². The first-order valence-corrected chi connectivity index (χ1v) is 8.65. The monoisotopic (exact) mass is 360 g/mol. The third-order valence-corrected chi connectivity index (χ3v) is 3.95. The Kier molecular flexibility index (Phi) is 5.89. The summed E-state index contributed by atoms with van der Waals surface area (Å²) in [7, 11) is 0. The van der Waals surface area contributed by atoms with E-state index in [1.54, 1.807) is 36.5 Å². The van der Waals surface area contributed by atoms with Crippen LogP contribution in [0.5, 0.6) is 0 Å². The van der Waals surface area contributed by atoms with Gasteiger partial charge in [-0.1, -0.05) is 42.5 Å². The van der Waals surface area contributed by atoms with E-state index in [0.717, 1.165) is 6.42 Å². The lowest BCUT2D eigenvalue weighted by Gasteiger charge is -2.08. The van der Waals surface area contributed by atoms with Gasteiger partial charge < -0.3 is 10.6 Å². The van der Waals surface area contributed by atoms with Crippen LogP contribution in [0.4, 0.5) is 11.6 Å². The highest BCUT2D eigenvalue weighted by molar-refractivity contribution is 6.04. The van der Waals surface area contributed by atoms with Crippen LogP contribution in [-0.2, 0) is 6.42 Å². The largest absolute Gasteiger partial charge is 0.354 e. The maximum atomic E-state index is 12.4. The molecule has 2 aromatic carbocycles. The maximum absolute atomic E-state index is 12.4. The van der Waals surface area contributed by atoms with Gasteiger partial charge in [0.2, 0.25) is 5.95 Å². The van der Waals surface area contributed by atoms with Gasteiger partial charge in [0.25, 0.3) is 5.91 Å². The summed E-state index contributed by atoms with van der Waals surface area (Å²) >= 11 is 0. The zero-order chi connectivity index (χ0) is 19.1. The summed E-state index contributed by atoms with van der Waals surface area (Å²) in [6, 6.07) is 18.4. The Hall–Kier alpha value is -3.54. The van der Waals surface area contributed by atoms with Crippen molar-refractivity contribution in [2.45, 2.75) is 13.3 Å². The average Bonchev–Trinajstić information content (AvgIpc) is 2.69. The molecule has 0 atom stereocenters. The predicted octanol–water partition coefficient (Wildman–Crippen LogP) is 3.59. The number of nitrogens with zero attached hydrogens (tertiary/aromatic N) is 2. The van der Waals surface area contributed by atoms with E-state index in [-0.39, 0.29) is 17.4 Å². The molecule has 0 saturated carbocycles. The number of hydrogen-bond acceptors (Lipinski definition) is 5. The topological polar surface area (TPSA) is 84.0 Å². The lowest BCUT2D eigenvalue weighted by Crippen LogP contribution is -2.16. The molecule has 0 unspecified atom stereocenters. The van der Waals surface area contributed by atoms with Crippen LogP contribution in [0.25, 0.3) is 0 Å². The molecule has 0 aliphatic heterocycles. The molecule has 1 amide bonds. The fourth-order valence-corrected chi connectivity index (χ4v) is 2.54. The summed E-state index contributed by atoms with van der Waals surface area (Å²) in [5.41, 5.74) is 2.55. The van der Waals surface area contributed by atoms with Gasteiger partial charge >= 0.3 is 0 Å². The van der Waals surface area contributed by atoms with Crippen molar-refractivity contribution in [1.29, 1.82) is 0 Å². The molecule has 0 spiro atoms. The van der Waals surface area contributed by atoms with Crippen molar-refractivity contribution in [2.75, 3.05) is 17.2 Å². The van der Waals surface area contributed by atoms with E-state index in [0.29, 0.717) is 23.7 Å². The molecule has 0 aliphatic rings. The molecule has 0 aliphatic carbocycles. The number of benzene rings is 2. The van der Waals surface area contributed by atoms with Gasteiger partial charge in [-0.15, -0.1) is 0 Å². The van der Waals surface area contributed by atoms with Gasteiger partial charge in [0.05, 0.1) is 0 Å². The molecule has 0 bridgehead atoms. The highest BCUT2D eigenvalue weighted by Crippen LogP contribution is 2.13. The number of hydrogen-bond donors (Lipinski definition) is 2. The van der Waals surface area contributed by atoms with Gasteiger partial charge in [-0.25, -0.2) is 9.97 Å². The Morgan fingerprint density at radius 3 is 2.59 bits per heavy atom. The average molecular weight is 360 g/mol. The number of ketones is 1. The third-order valence-electron chi connectivity index (χ3n) is 3.95. The number of nitrogens with one attached hydrogen (secondary N) is 2. The second-order valence-corrected chi connectivity index (χ2v) is 6.02. The van der Waals surface area contributed by atoms with Crippen molar-refractivity contribution in [2.24, 2.45) is 0 Å². The molecule has 2 N–H and O–H groups in total. The van der Waals surface area contributed by atoms with E-state index < -0.39 is 0 Å². The summed E-state index contributed by atoms with van der Waals surface area (Å²) in [5.74, 6) is -0.0154. The molecule has 1 heterocycles. The summed E-state index contributed by atoms with van der Waals surface area (Å²) in [4.78, 5) is 32.3. The Labute approximate surface area is 157 Å². The van der Waals surface area contributed by atoms with Crippen LogP contribution in [0.1, 0.15) is 33.3 Å². The van der Waals surface area contributed by atoms with Gasteiger partial charge in [0.1, 0.15) is 5.69 Å². The molecular weight excluding hydrogens is 340 g/mol. The molecule has 6 heteroatoms. The second-order valence-electron chi connectivity index (χ2n) is 6.02. The Bertz CT molecular complexity index is 942. The maximum Gasteiger partial charge on any atom is 0.274 e. The molecule has 1 aromatic heterocycles. The first-order valence-electron chi connectivity index (χ1n) is 8.65. The fourth-order valence-electron chi connectivity index (χ4n) is 2.54. The zero-order valence-electron chi connectivity index (χ0n) is 15.0. The second kappa shape index (κ2) is 8.71. The smallest absolute Gasteiger partial charge is 0.274 e. The van der Waals surface area contributed by atoms with E-state index in [1.165, 1.54) is 12.5 Å². The van der Waals surface area contributed by atoms with E-state index in [4.69, 9.17) is 0 Å². The van der Waals surface area contributed by atoms with E-state index >= 15 is 0 Å². The molecular formula is C21H20N4O2. The van der Waals surface area contributed by atoms with Crippen LogP contribution >= 0.6 is 0 Å². The van der Waals surface area contributed by atoms with Gasteiger partial charge in [0, 0.05) is 24.0 Å². The summed E-state index contributed by atoms with van der Waals surface area (Å²) in [5, 5.41) is 5.88. The van der Waals surface area contributed by atoms with Crippen LogP contribution in [0.15, 0.2) is 66.9 Å². The lowest BCUT2D eigenvalue weighted by atomic mass is 10.1. The number of amides is 1. The minimum absolute atomic E-state index is 0.0574. The number of Topliss-reactive ketones (excluding diaryl/α,β-unsaturated/α-hetero) is 1. The standard InChI is InChI=1S/C21H20N4O2/c1-15(26)17-8-5-9-18(14-17)24-20(27)19-11-13-23-21(25-19)22-12-10-16-6-3-2-4-7-16/h2-9,11,13-14H,10,12H2,1H3,(H,24,27)(H,22,23,25). The first kappa shape index (κ1) is 18.3. The summed E-state index contributed by atoms with van der Waals surface area (Å²) in [6.07, 6.45) is 2.37. The van der Waals surface area contributed by atoms with E-state index in [1.807, 2.05) is 18.2 Å². The van der Waals surface area contributed by atoms with Gasteiger partial charge in [-0.2, -0.15) is 0 Å². The van der Waals surface area contributed by atoms with Gasteiger partial charge in [-0.3, -0.25) is 9.59 Å². The molecule has 3 aromatic rings. The molecule has 6 nitrogen and oxygen atoms in total. The minimum atomic E-state index is -0.357. The van der Waals surface area contributed by atoms with Crippen molar-refractivity contribution in [3.63, 3.8) is 0 Å².